The number of hydrogen-bond acceptors (Lipinski definition) is 3. The predicted molar refractivity (Wildman–Crippen MR) is 43.2 cm³/mol. The van der Waals surface area contributed by atoms with Gasteiger partial charge in [0.05, 0.1) is 0 Å². The average Bonchev–Trinajstić information content (AvgIpc) is 2.29. The molecule has 0 aromatic rings. The van der Waals surface area contributed by atoms with Crippen LogP contribution in [0.4, 0.5) is 0 Å². The molecule has 4 unspecified atom stereocenters. The minimum atomic E-state index is -0.719. The van der Waals surface area contributed by atoms with E-state index in [1.165, 1.54) is 6.42 Å². The zero-order valence-electron chi connectivity index (χ0n) is 7.15. The van der Waals surface area contributed by atoms with Crippen LogP contribution in [-0.4, -0.2) is 22.8 Å². The lowest BCUT2D eigenvalue weighted by Crippen LogP contribution is -2.20. The van der Waals surface area contributed by atoms with E-state index in [9.17, 15) is 10.2 Å². The second-order valence-electron chi connectivity index (χ2n) is 3.88. The van der Waals surface area contributed by atoms with E-state index in [0.29, 0.717) is 0 Å². The Hall–Kier alpha value is -0.120. The highest BCUT2D eigenvalue weighted by Crippen LogP contribution is 2.39. The van der Waals surface area contributed by atoms with Crippen molar-refractivity contribution in [1.29, 1.82) is 0 Å². The summed E-state index contributed by atoms with van der Waals surface area (Å²) in [5.41, 5.74) is 0. The fourth-order valence-electron chi connectivity index (χ4n) is 2.42. The van der Waals surface area contributed by atoms with E-state index in [-0.39, 0.29) is 11.8 Å². The second-order valence-corrected chi connectivity index (χ2v) is 3.88. The van der Waals surface area contributed by atoms with Gasteiger partial charge in [-0.25, -0.2) is 0 Å². The maximum Gasteiger partial charge on any atom is 0.160 e. The van der Waals surface area contributed by atoms with Gasteiger partial charge >= 0.3 is 0 Å². The molecule has 0 spiro atoms. The van der Waals surface area contributed by atoms with Gasteiger partial charge in [-0.3, -0.25) is 0 Å². The van der Waals surface area contributed by atoms with Crippen molar-refractivity contribution in [2.24, 2.45) is 11.8 Å². The summed E-state index contributed by atoms with van der Waals surface area (Å²) < 4.78 is 4.97. The first-order valence-corrected chi connectivity index (χ1v) is 4.80. The molecule has 2 fully saturated rings. The fraction of sp³-hybridized carbons (Fsp3) is 1.00. The molecular formula is C9H16O3. The van der Waals surface area contributed by atoms with Crippen LogP contribution in [0.25, 0.3) is 0 Å². The summed E-state index contributed by atoms with van der Waals surface area (Å²) >= 11 is 0. The maximum absolute atomic E-state index is 9.44. The van der Waals surface area contributed by atoms with E-state index < -0.39 is 12.6 Å². The Balaban J connectivity index is 2.07. The van der Waals surface area contributed by atoms with Gasteiger partial charge in [0.25, 0.3) is 0 Å². The van der Waals surface area contributed by atoms with Crippen LogP contribution in [0.1, 0.15) is 32.1 Å². The normalized spacial score (nSPS) is 48.5. The quantitative estimate of drug-likeness (QED) is 0.569. The van der Waals surface area contributed by atoms with Crippen molar-refractivity contribution in [3.8, 4) is 0 Å². The Kier molecular flexibility index (Phi) is 2.35. The van der Waals surface area contributed by atoms with E-state index in [2.05, 4.69) is 0 Å². The van der Waals surface area contributed by atoms with Crippen molar-refractivity contribution in [2.45, 2.75) is 44.7 Å². The molecule has 1 saturated carbocycles. The summed E-state index contributed by atoms with van der Waals surface area (Å²) in [5.74, 6) is 0.366. The predicted octanol–water partition coefficient (Wildman–Crippen LogP) is 0.850. The molecule has 0 aromatic carbocycles. The van der Waals surface area contributed by atoms with E-state index in [1.807, 2.05) is 0 Å². The highest BCUT2D eigenvalue weighted by atomic mass is 16.7. The fourth-order valence-corrected chi connectivity index (χ4v) is 2.42. The molecule has 0 bridgehead atoms. The topological polar surface area (TPSA) is 49.7 Å². The van der Waals surface area contributed by atoms with E-state index in [4.69, 9.17) is 4.74 Å². The average molecular weight is 172 g/mol. The zero-order chi connectivity index (χ0) is 8.55. The maximum atomic E-state index is 9.44. The van der Waals surface area contributed by atoms with Gasteiger partial charge in [0.15, 0.2) is 12.6 Å². The molecule has 1 aliphatic carbocycles. The third kappa shape index (κ3) is 1.37. The van der Waals surface area contributed by atoms with Gasteiger partial charge in [-0.2, -0.15) is 0 Å². The van der Waals surface area contributed by atoms with Crippen molar-refractivity contribution in [3.63, 3.8) is 0 Å². The van der Waals surface area contributed by atoms with Gasteiger partial charge in [-0.1, -0.05) is 19.3 Å². The molecule has 3 nitrogen and oxygen atoms in total. The Morgan fingerprint density at radius 2 is 1.33 bits per heavy atom. The molecule has 3 heteroatoms. The van der Waals surface area contributed by atoms with Crippen LogP contribution < -0.4 is 0 Å². The number of aliphatic hydroxyl groups is 2. The molecule has 1 heterocycles. The van der Waals surface area contributed by atoms with Crippen molar-refractivity contribution in [2.75, 3.05) is 0 Å². The van der Waals surface area contributed by atoms with E-state index >= 15 is 0 Å². The Morgan fingerprint density at radius 1 is 0.833 bits per heavy atom. The van der Waals surface area contributed by atoms with Crippen LogP contribution >= 0.6 is 0 Å². The van der Waals surface area contributed by atoms with E-state index in [1.54, 1.807) is 0 Å². The van der Waals surface area contributed by atoms with Crippen LogP contribution in [0.15, 0.2) is 0 Å². The monoisotopic (exact) mass is 172 g/mol. The summed E-state index contributed by atoms with van der Waals surface area (Å²) in [7, 11) is 0. The van der Waals surface area contributed by atoms with Crippen molar-refractivity contribution in [3.05, 3.63) is 0 Å². The summed E-state index contributed by atoms with van der Waals surface area (Å²) in [6.45, 7) is 0. The molecule has 12 heavy (non-hydrogen) atoms. The molecule has 2 aliphatic rings. The van der Waals surface area contributed by atoms with Gasteiger partial charge in [0.1, 0.15) is 0 Å². The summed E-state index contributed by atoms with van der Waals surface area (Å²) in [4.78, 5) is 0. The lowest BCUT2D eigenvalue weighted by Gasteiger charge is -2.16. The van der Waals surface area contributed by atoms with Crippen LogP contribution in [0.5, 0.6) is 0 Å². The van der Waals surface area contributed by atoms with Crippen LogP contribution in [-0.2, 0) is 4.74 Å². The second kappa shape index (κ2) is 3.32. The van der Waals surface area contributed by atoms with Gasteiger partial charge in [0, 0.05) is 11.8 Å². The molecule has 0 radical (unpaired) electrons. The van der Waals surface area contributed by atoms with Gasteiger partial charge in [0.2, 0.25) is 0 Å². The van der Waals surface area contributed by atoms with Crippen molar-refractivity contribution in [1.82, 2.24) is 0 Å². The highest BCUT2D eigenvalue weighted by Gasteiger charge is 2.42. The zero-order valence-corrected chi connectivity index (χ0v) is 7.15. The summed E-state index contributed by atoms with van der Waals surface area (Å²) in [5, 5.41) is 18.9. The number of ether oxygens (including phenoxy) is 1. The Morgan fingerprint density at radius 3 is 1.83 bits per heavy atom. The molecule has 70 valence electrons. The van der Waals surface area contributed by atoms with Gasteiger partial charge in [-0.15, -0.1) is 0 Å². The number of aliphatic hydroxyl groups excluding tert-OH is 2. The molecule has 2 N–H and O–H groups in total. The summed E-state index contributed by atoms with van der Waals surface area (Å²) in [6.07, 6.45) is 4.12. The Bertz CT molecular complexity index is 144. The minimum Gasteiger partial charge on any atom is -0.368 e. The molecule has 0 amide bonds. The summed E-state index contributed by atoms with van der Waals surface area (Å²) in [6, 6.07) is 0. The molecule has 1 saturated heterocycles. The highest BCUT2D eigenvalue weighted by molar-refractivity contribution is 4.82. The smallest absolute Gasteiger partial charge is 0.160 e. The number of fused-ring (bicyclic) bond motifs is 1. The lowest BCUT2D eigenvalue weighted by atomic mass is 9.89. The molecule has 2 rings (SSSR count). The molecular weight excluding hydrogens is 156 g/mol. The molecule has 4 atom stereocenters. The first kappa shape index (κ1) is 8.48. The van der Waals surface area contributed by atoms with Gasteiger partial charge in [-0.05, 0) is 12.8 Å². The van der Waals surface area contributed by atoms with Gasteiger partial charge < -0.3 is 14.9 Å². The largest absolute Gasteiger partial charge is 0.368 e. The molecule has 0 aromatic heterocycles. The lowest BCUT2D eigenvalue weighted by molar-refractivity contribution is -0.174. The van der Waals surface area contributed by atoms with Crippen molar-refractivity contribution >= 4 is 0 Å². The first-order chi connectivity index (χ1) is 5.79. The SMILES string of the molecule is OC1OC(O)C2CCCCCC12. The molecule has 1 aliphatic heterocycles. The van der Waals surface area contributed by atoms with E-state index in [0.717, 1.165) is 25.7 Å². The first-order valence-electron chi connectivity index (χ1n) is 4.80. The Labute approximate surface area is 72.3 Å². The third-order valence-corrected chi connectivity index (χ3v) is 3.14. The van der Waals surface area contributed by atoms with Crippen LogP contribution in [0, 0.1) is 11.8 Å². The van der Waals surface area contributed by atoms with Crippen LogP contribution in [0.2, 0.25) is 0 Å². The third-order valence-electron chi connectivity index (χ3n) is 3.14. The van der Waals surface area contributed by atoms with Crippen molar-refractivity contribution < 1.29 is 14.9 Å². The standard InChI is InChI=1S/C9H16O3/c10-8-6-4-2-1-3-5-7(6)9(11)12-8/h6-11H,1-5H2. The van der Waals surface area contributed by atoms with Crippen LogP contribution in [0.3, 0.4) is 0 Å². The number of hydrogen-bond donors (Lipinski definition) is 2. The minimum absolute atomic E-state index is 0.183. The number of rotatable bonds is 0.